The van der Waals surface area contributed by atoms with Crippen molar-refractivity contribution in [2.45, 2.75) is 26.7 Å². The SMILES string of the molecule is COCCCOc1cc(CC(=O)C(C)C)cc(Cl)c1F. The van der Waals surface area contributed by atoms with Gasteiger partial charge in [-0.3, -0.25) is 4.79 Å². The molecule has 20 heavy (non-hydrogen) atoms. The van der Waals surface area contributed by atoms with E-state index in [1.165, 1.54) is 12.1 Å². The molecule has 0 spiro atoms. The molecule has 0 N–H and O–H groups in total. The van der Waals surface area contributed by atoms with Crippen LogP contribution in [0.3, 0.4) is 0 Å². The number of carbonyl (C=O) groups is 1. The molecule has 0 saturated carbocycles. The number of hydrogen-bond acceptors (Lipinski definition) is 3. The highest BCUT2D eigenvalue weighted by Gasteiger charge is 2.14. The first-order valence-corrected chi connectivity index (χ1v) is 6.95. The third-order valence-electron chi connectivity index (χ3n) is 2.83. The van der Waals surface area contributed by atoms with Crippen molar-refractivity contribution in [3.63, 3.8) is 0 Å². The third kappa shape index (κ3) is 5.10. The Bertz CT molecular complexity index is 461. The van der Waals surface area contributed by atoms with Crippen LogP contribution in [0.4, 0.5) is 4.39 Å². The molecule has 0 aliphatic heterocycles. The maximum atomic E-state index is 13.8. The molecule has 1 aromatic carbocycles. The van der Waals surface area contributed by atoms with E-state index in [1.54, 1.807) is 7.11 Å². The fraction of sp³-hybridized carbons (Fsp3) is 0.533. The molecule has 1 rings (SSSR count). The quantitative estimate of drug-likeness (QED) is 0.687. The van der Waals surface area contributed by atoms with Crippen LogP contribution in [-0.4, -0.2) is 26.1 Å². The van der Waals surface area contributed by atoms with Gasteiger partial charge >= 0.3 is 0 Å². The highest BCUT2D eigenvalue weighted by molar-refractivity contribution is 6.31. The summed E-state index contributed by atoms with van der Waals surface area (Å²) >= 11 is 5.83. The average Bonchev–Trinajstić information content (AvgIpc) is 2.39. The number of Topliss-reactive ketones (excluding diaryl/α,β-unsaturated/α-hetero) is 1. The van der Waals surface area contributed by atoms with E-state index < -0.39 is 5.82 Å². The molecule has 0 heterocycles. The fourth-order valence-electron chi connectivity index (χ4n) is 1.62. The largest absolute Gasteiger partial charge is 0.490 e. The van der Waals surface area contributed by atoms with Crippen LogP contribution in [0.2, 0.25) is 5.02 Å². The minimum Gasteiger partial charge on any atom is -0.490 e. The van der Waals surface area contributed by atoms with Crippen LogP contribution < -0.4 is 4.74 Å². The zero-order chi connectivity index (χ0) is 15.1. The average molecular weight is 303 g/mol. The Morgan fingerprint density at radius 3 is 2.65 bits per heavy atom. The lowest BCUT2D eigenvalue weighted by Gasteiger charge is -2.11. The number of methoxy groups -OCH3 is 1. The van der Waals surface area contributed by atoms with Gasteiger partial charge in [0, 0.05) is 32.5 Å². The maximum Gasteiger partial charge on any atom is 0.183 e. The monoisotopic (exact) mass is 302 g/mol. The summed E-state index contributed by atoms with van der Waals surface area (Å²) in [5.74, 6) is -0.493. The van der Waals surface area contributed by atoms with E-state index in [9.17, 15) is 9.18 Å². The van der Waals surface area contributed by atoms with Gasteiger partial charge in [0.2, 0.25) is 0 Å². The first-order valence-electron chi connectivity index (χ1n) is 6.58. The predicted molar refractivity (Wildman–Crippen MR) is 76.9 cm³/mol. The van der Waals surface area contributed by atoms with Gasteiger partial charge in [-0.25, -0.2) is 4.39 Å². The Kier molecular flexibility index (Phi) is 6.96. The zero-order valence-electron chi connectivity index (χ0n) is 12.0. The molecule has 0 unspecified atom stereocenters. The Balaban J connectivity index is 2.78. The van der Waals surface area contributed by atoms with Gasteiger partial charge in [0.1, 0.15) is 5.78 Å². The number of hydrogen-bond donors (Lipinski definition) is 0. The minimum absolute atomic E-state index is 0.0270. The summed E-state index contributed by atoms with van der Waals surface area (Å²) in [6.45, 7) is 4.54. The molecule has 5 heteroatoms. The van der Waals surface area contributed by atoms with Gasteiger partial charge in [-0.05, 0) is 17.7 Å². The van der Waals surface area contributed by atoms with Crippen molar-refractivity contribution in [1.82, 2.24) is 0 Å². The number of ether oxygens (including phenoxy) is 2. The molecule has 0 amide bonds. The van der Waals surface area contributed by atoms with Gasteiger partial charge in [0.05, 0.1) is 11.6 Å². The van der Waals surface area contributed by atoms with Gasteiger partial charge in [-0.2, -0.15) is 0 Å². The Morgan fingerprint density at radius 1 is 1.35 bits per heavy atom. The number of ketones is 1. The van der Waals surface area contributed by atoms with Crippen molar-refractivity contribution >= 4 is 17.4 Å². The van der Waals surface area contributed by atoms with Crippen molar-refractivity contribution in [3.05, 3.63) is 28.5 Å². The molecule has 0 radical (unpaired) electrons. The first kappa shape index (κ1) is 16.9. The second-order valence-electron chi connectivity index (χ2n) is 4.88. The molecular weight excluding hydrogens is 283 g/mol. The standard InChI is InChI=1S/C15H20ClFO3/c1-10(2)13(18)8-11-7-12(16)15(17)14(9-11)20-6-4-5-19-3/h7,9-10H,4-6,8H2,1-3H3. The number of carbonyl (C=O) groups excluding carboxylic acids is 1. The van der Waals surface area contributed by atoms with Crippen LogP contribution in [0.5, 0.6) is 5.75 Å². The normalized spacial score (nSPS) is 10.9. The number of rotatable bonds is 8. The highest BCUT2D eigenvalue weighted by Crippen LogP contribution is 2.27. The van der Waals surface area contributed by atoms with E-state index in [2.05, 4.69) is 0 Å². The van der Waals surface area contributed by atoms with Crippen LogP contribution in [-0.2, 0) is 16.0 Å². The van der Waals surface area contributed by atoms with Crippen LogP contribution in [0.15, 0.2) is 12.1 Å². The zero-order valence-corrected chi connectivity index (χ0v) is 12.8. The molecule has 3 nitrogen and oxygen atoms in total. The van der Waals surface area contributed by atoms with Gasteiger partial charge in [0.25, 0.3) is 0 Å². The second-order valence-corrected chi connectivity index (χ2v) is 5.29. The van der Waals surface area contributed by atoms with E-state index in [0.717, 1.165) is 0 Å². The Hall–Kier alpha value is -1.13. The Morgan fingerprint density at radius 2 is 2.05 bits per heavy atom. The number of halogens is 2. The highest BCUT2D eigenvalue weighted by atomic mass is 35.5. The van der Waals surface area contributed by atoms with Gasteiger partial charge in [0.15, 0.2) is 11.6 Å². The van der Waals surface area contributed by atoms with Crippen molar-refractivity contribution in [2.24, 2.45) is 5.92 Å². The van der Waals surface area contributed by atoms with E-state index in [-0.39, 0.29) is 28.9 Å². The first-order chi connectivity index (χ1) is 9.45. The summed E-state index contributed by atoms with van der Waals surface area (Å²) in [6, 6.07) is 3.01. The van der Waals surface area contributed by atoms with E-state index in [4.69, 9.17) is 21.1 Å². The molecular formula is C15H20ClFO3. The molecule has 0 aliphatic carbocycles. The molecule has 1 aromatic rings. The van der Waals surface area contributed by atoms with Crippen LogP contribution >= 0.6 is 11.6 Å². The summed E-state index contributed by atoms with van der Waals surface area (Å²) in [4.78, 5) is 11.7. The van der Waals surface area contributed by atoms with Gasteiger partial charge in [-0.1, -0.05) is 25.4 Å². The summed E-state index contributed by atoms with van der Waals surface area (Å²) in [5, 5.41) is -0.0270. The van der Waals surface area contributed by atoms with Crippen LogP contribution in [0, 0.1) is 11.7 Å². The van der Waals surface area contributed by atoms with Crippen molar-refractivity contribution < 1.29 is 18.7 Å². The fourth-order valence-corrected chi connectivity index (χ4v) is 1.85. The molecule has 0 fully saturated rings. The lowest BCUT2D eigenvalue weighted by atomic mass is 10.0. The summed E-state index contributed by atoms with van der Waals surface area (Å²) in [6.07, 6.45) is 0.884. The smallest absolute Gasteiger partial charge is 0.183 e. The lowest BCUT2D eigenvalue weighted by Crippen LogP contribution is -2.11. The van der Waals surface area contributed by atoms with Crippen molar-refractivity contribution in [1.29, 1.82) is 0 Å². The van der Waals surface area contributed by atoms with Crippen molar-refractivity contribution in [3.8, 4) is 5.75 Å². The van der Waals surface area contributed by atoms with Crippen LogP contribution in [0.1, 0.15) is 25.8 Å². The van der Waals surface area contributed by atoms with Crippen LogP contribution in [0.25, 0.3) is 0 Å². The molecule has 0 saturated heterocycles. The van der Waals surface area contributed by atoms with E-state index in [1.807, 2.05) is 13.8 Å². The molecule has 0 atom stereocenters. The maximum absolute atomic E-state index is 13.8. The molecule has 0 bridgehead atoms. The number of benzene rings is 1. The molecule has 0 aromatic heterocycles. The third-order valence-corrected chi connectivity index (χ3v) is 3.10. The van der Waals surface area contributed by atoms with Gasteiger partial charge in [-0.15, -0.1) is 0 Å². The van der Waals surface area contributed by atoms with Crippen molar-refractivity contribution in [2.75, 3.05) is 20.3 Å². The lowest BCUT2D eigenvalue weighted by molar-refractivity contribution is -0.121. The Labute approximate surface area is 124 Å². The summed E-state index contributed by atoms with van der Waals surface area (Å²) < 4.78 is 24.1. The molecule has 0 aliphatic rings. The second kappa shape index (κ2) is 8.22. The summed E-state index contributed by atoms with van der Waals surface area (Å²) in [7, 11) is 1.59. The van der Waals surface area contributed by atoms with E-state index in [0.29, 0.717) is 25.2 Å². The van der Waals surface area contributed by atoms with Gasteiger partial charge < -0.3 is 9.47 Å². The minimum atomic E-state index is -0.593. The predicted octanol–water partition coefficient (Wildman–Crippen LogP) is 3.66. The summed E-state index contributed by atoms with van der Waals surface area (Å²) in [5.41, 5.74) is 0.664. The topological polar surface area (TPSA) is 35.5 Å². The van der Waals surface area contributed by atoms with E-state index >= 15 is 0 Å². The molecule has 112 valence electrons.